The van der Waals surface area contributed by atoms with Gasteiger partial charge in [-0.15, -0.1) is 0 Å². The van der Waals surface area contributed by atoms with Gasteiger partial charge in [0.05, 0.1) is 5.52 Å². The van der Waals surface area contributed by atoms with Crippen LogP contribution in [-0.2, 0) is 4.79 Å². The maximum atomic E-state index is 12.2. The fraction of sp³-hybridized carbons (Fsp3) is 0.471. The van der Waals surface area contributed by atoms with E-state index in [9.17, 15) is 4.79 Å². The van der Waals surface area contributed by atoms with Crippen molar-refractivity contribution in [2.45, 2.75) is 12.8 Å². The maximum absolute atomic E-state index is 12.2. The number of para-hydroxylation sites is 1. The summed E-state index contributed by atoms with van der Waals surface area (Å²) in [7, 11) is 2.10. The van der Waals surface area contributed by atoms with Crippen molar-refractivity contribution < 1.29 is 4.79 Å². The molecular formula is C17H23N5O. The number of likely N-dealkylation sites (N-methyl/N-ethyl adjacent to an activating group) is 1. The summed E-state index contributed by atoms with van der Waals surface area (Å²) in [6.07, 6.45) is 2.96. The van der Waals surface area contributed by atoms with Crippen LogP contribution in [0.5, 0.6) is 0 Å². The summed E-state index contributed by atoms with van der Waals surface area (Å²) in [5.41, 5.74) is 0.929. The van der Waals surface area contributed by atoms with E-state index in [0.29, 0.717) is 6.42 Å². The molecule has 1 aliphatic heterocycles. The van der Waals surface area contributed by atoms with Crippen LogP contribution < -0.4 is 5.32 Å². The minimum Gasteiger partial charge on any atom is -0.369 e. The molecule has 1 saturated heterocycles. The number of hydrogen-bond donors (Lipinski definition) is 1. The molecular weight excluding hydrogens is 290 g/mol. The molecule has 1 aliphatic rings. The summed E-state index contributed by atoms with van der Waals surface area (Å²) in [6, 6.07) is 7.92. The van der Waals surface area contributed by atoms with Crippen molar-refractivity contribution in [2.75, 3.05) is 45.1 Å². The van der Waals surface area contributed by atoms with Crippen molar-refractivity contribution >= 4 is 22.6 Å². The Morgan fingerprint density at radius 3 is 2.78 bits per heavy atom. The first-order valence-corrected chi connectivity index (χ1v) is 8.14. The number of piperazine rings is 1. The van der Waals surface area contributed by atoms with Crippen LogP contribution in [0.2, 0.25) is 0 Å². The normalized spacial score (nSPS) is 15.8. The predicted octanol–water partition coefficient (Wildman–Crippen LogP) is 1.60. The third-order valence-corrected chi connectivity index (χ3v) is 4.26. The molecule has 2 aromatic rings. The molecule has 0 radical (unpaired) electrons. The SMILES string of the molecule is CN1CCN(C(=O)CCCNc2ncnc3ccccc23)CC1. The highest BCUT2D eigenvalue weighted by atomic mass is 16.2. The maximum Gasteiger partial charge on any atom is 0.222 e. The van der Waals surface area contributed by atoms with Gasteiger partial charge in [-0.05, 0) is 25.6 Å². The predicted molar refractivity (Wildman–Crippen MR) is 91.3 cm³/mol. The highest BCUT2D eigenvalue weighted by molar-refractivity contribution is 5.88. The molecule has 0 spiro atoms. The number of nitrogens with zero attached hydrogens (tertiary/aromatic N) is 4. The number of aromatic nitrogens is 2. The fourth-order valence-corrected chi connectivity index (χ4v) is 2.81. The summed E-state index contributed by atoms with van der Waals surface area (Å²) in [4.78, 5) is 25.0. The number of hydrogen-bond acceptors (Lipinski definition) is 5. The Labute approximate surface area is 136 Å². The second-order valence-corrected chi connectivity index (χ2v) is 5.95. The van der Waals surface area contributed by atoms with Crippen LogP contribution in [0.3, 0.4) is 0 Å². The Morgan fingerprint density at radius 1 is 1.17 bits per heavy atom. The number of rotatable bonds is 5. The monoisotopic (exact) mass is 313 g/mol. The first kappa shape index (κ1) is 15.7. The van der Waals surface area contributed by atoms with E-state index in [1.54, 1.807) is 6.33 Å². The Bertz CT molecular complexity index is 662. The van der Waals surface area contributed by atoms with Crippen molar-refractivity contribution in [1.82, 2.24) is 19.8 Å². The molecule has 0 aliphatic carbocycles. The van der Waals surface area contributed by atoms with Gasteiger partial charge in [-0.3, -0.25) is 4.79 Å². The van der Waals surface area contributed by atoms with E-state index in [2.05, 4.69) is 27.2 Å². The fourth-order valence-electron chi connectivity index (χ4n) is 2.81. The van der Waals surface area contributed by atoms with Gasteiger partial charge in [-0.2, -0.15) is 0 Å². The Kier molecular flexibility index (Phi) is 5.02. The van der Waals surface area contributed by atoms with Crippen molar-refractivity contribution in [3.8, 4) is 0 Å². The highest BCUT2D eigenvalue weighted by Crippen LogP contribution is 2.18. The summed E-state index contributed by atoms with van der Waals surface area (Å²) >= 11 is 0. The van der Waals surface area contributed by atoms with Crippen LogP contribution in [0.25, 0.3) is 10.9 Å². The molecule has 1 aromatic carbocycles. The lowest BCUT2D eigenvalue weighted by molar-refractivity contribution is -0.132. The van der Waals surface area contributed by atoms with Crippen molar-refractivity contribution in [2.24, 2.45) is 0 Å². The zero-order chi connectivity index (χ0) is 16.1. The third kappa shape index (κ3) is 3.96. The molecule has 1 amide bonds. The van der Waals surface area contributed by atoms with Gasteiger partial charge in [-0.1, -0.05) is 12.1 Å². The average Bonchev–Trinajstić information content (AvgIpc) is 2.59. The second kappa shape index (κ2) is 7.37. The van der Waals surface area contributed by atoms with E-state index in [1.807, 2.05) is 29.2 Å². The van der Waals surface area contributed by atoms with E-state index < -0.39 is 0 Å². The third-order valence-electron chi connectivity index (χ3n) is 4.26. The van der Waals surface area contributed by atoms with Gasteiger partial charge in [0.15, 0.2) is 0 Å². The van der Waals surface area contributed by atoms with E-state index in [0.717, 1.165) is 55.9 Å². The largest absolute Gasteiger partial charge is 0.369 e. The Morgan fingerprint density at radius 2 is 1.96 bits per heavy atom. The van der Waals surface area contributed by atoms with Crippen molar-refractivity contribution in [1.29, 1.82) is 0 Å². The van der Waals surface area contributed by atoms with Crippen LogP contribution >= 0.6 is 0 Å². The zero-order valence-corrected chi connectivity index (χ0v) is 13.5. The minimum absolute atomic E-state index is 0.257. The molecule has 2 heterocycles. The number of carbonyl (C=O) groups is 1. The summed E-state index contributed by atoms with van der Waals surface area (Å²) in [5, 5.41) is 4.34. The Balaban J connectivity index is 1.47. The van der Waals surface area contributed by atoms with Gasteiger partial charge >= 0.3 is 0 Å². The number of carbonyl (C=O) groups excluding carboxylic acids is 1. The lowest BCUT2D eigenvalue weighted by Gasteiger charge is -2.32. The number of nitrogens with one attached hydrogen (secondary N) is 1. The molecule has 122 valence electrons. The topological polar surface area (TPSA) is 61.4 Å². The zero-order valence-electron chi connectivity index (χ0n) is 13.5. The van der Waals surface area contributed by atoms with Gasteiger partial charge in [0.1, 0.15) is 12.1 Å². The summed E-state index contributed by atoms with van der Waals surface area (Å²) < 4.78 is 0. The first-order chi connectivity index (χ1) is 11.2. The van der Waals surface area contributed by atoms with E-state index in [1.165, 1.54) is 0 Å². The number of benzene rings is 1. The lowest BCUT2D eigenvalue weighted by Crippen LogP contribution is -2.47. The van der Waals surface area contributed by atoms with Gasteiger partial charge in [-0.25, -0.2) is 9.97 Å². The molecule has 0 unspecified atom stereocenters. The van der Waals surface area contributed by atoms with Gasteiger partial charge in [0, 0.05) is 44.5 Å². The standard InChI is InChI=1S/C17H23N5O/c1-21-9-11-22(12-10-21)16(23)7-4-8-18-17-14-5-2-3-6-15(14)19-13-20-17/h2-3,5-6,13H,4,7-12H2,1H3,(H,18,19,20). The second-order valence-electron chi connectivity index (χ2n) is 5.95. The molecule has 6 nitrogen and oxygen atoms in total. The quantitative estimate of drug-likeness (QED) is 0.850. The molecule has 3 rings (SSSR count). The molecule has 0 bridgehead atoms. The van der Waals surface area contributed by atoms with Crippen LogP contribution in [0.4, 0.5) is 5.82 Å². The van der Waals surface area contributed by atoms with Crippen LogP contribution in [0, 0.1) is 0 Å². The molecule has 1 N–H and O–H groups in total. The molecule has 23 heavy (non-hydrogen) atoms. The van der Waals surface area contributed by atoms with Gasteiger partial charge in [0.25, 0.3) is 0 Å². The molecule has 0 saturated carbocycles. The lowest BCUT2D eigenvalue weighted by atomic mass is 10.2. The average molecular weight is 313 g/mol. The number of anilines is 1. The van der Waals surface area contributed by atoms with Crippen LogP contribution in [0.15, 0.2) is 30.6 Å². The van der Waals surface area contributed by atoms with Gasteiger partial charge < -0.3 is 15.1 Å². The summed E-state index contributed by atoms with van der Waals surface area (Å²) in [5.74, 6) is 1.09. The Hall–Kier alpha value is -2.21. The number of fused-ring (bicyclic) bond motifs is 1. The van der Waals surface area contributed by atoms with Crippen molar-refractivity contribution in [3.05, 3.63) is 30.6 Å². The molecule has 1 aromatic heterocycles. The van der Waals surface area contributed by atoms with Crippen LogP contribution in [-0.4, -0.2) is 65.4 Å². The molecule has 6 heteroatoms. The molecule has 0 atom stereocenters. The van der Waals surface area contributed by atoms with Crippen molar-refractivity contribution in [3.63, 3.8) is 0 Å². The van der Waals surface area contributed by atoms with E-state index in [-0.39, 0.29) is 5.91 Å². The smallest absolute Gasteiger partial charge is 0.222 e. The van der Waals surface area contributed by atoms with Crippen LogP contribution in [0.1, 0.15) is 12.8 Å². The minimum atomic E-state index is 0.257. The molecule has 1 fully saturated rings. The first-order valence-electron chi connectivity index (χ1n) is 8.14. The summed E-state index contributed by atoms with van der Waals surface area (Å²) in [6.45, 7) is 4.37. The van der Waals surface area contributed by atoms with E-state index >= 15 is 0 Å². The highest BCUT2D eigenvalue weighted by Gasteiger charge is 2.18. The van der Waals surface area contributed by atoms with Gasteiger partial charge in [0.2, 0.25) is 5.91 Å². The number of amides is 1. The van der Waals surface area contributed by atoms with E-state index in [4.69, 9.17) is 0 Å².